The van der Waals surface area contributed by atoms with Gasteiger partial charge in [0.05, 0.1) is 0 Å². The van der Waals surface area contributed by atoms with E-state index in [4.69, 9.17) is 4.74 Å². The molecule has 0 spiro atoms. The average molecular weight is 279 g/mol. The van der Waals surface area contributed by atoms with Gasteiger partial charge in [0.1, 0.15) is 0 Å². The predicted molar refractivity (Wildman–Crippen MR) is 82.8 cm³/mol. The second-order valence-corrected chi connectivity index (χ2v) is 6.50. The summed E-state index contributed by atoms with van der Waals surface area (Å²) in [6.45, 7) is 4.25. The lowest BCUT2D eigenvalue weighted by Crippen LogP contribution is -2.27. The number of nitrogens with one attached hydrogen (secondary N) is 1. The second-order valence-electron chi connectivity index (χ2n) is 5.62. The molecule has 3 heteroatoms. The normalized spacial score (nSPS) is 18.3. The zero-order valence-electron chi connectivity index (χ0n) is 12.2. The number of benzene rings is 1. The summed E-state index contributed by atoms with van der Waals surface area (Å²) in [4.78, 5) is 1.33. The topological polar surface area (TPSA) is 21.3 Å². The van der Waals surface area contributed by atoms with E-state index in [1.807, 2.05) is 0 Å². The maximum atomic E-state index is 5.20. The first-order chi connectivity index (χ1) is 9.19. The van der Waals surface area contributed by atoms with Gasteiger partial charge in [-0.25, -0.2) is 0 Å². The number of thioether (sulfide) groups is 1. The smallest absolute Gasteiger partial charge is 0.0468 e. The van der Waals surface area contributed by atoms with Gasteiger partial charge < -0.3 is 10.1 Å². The van der Waals surface area contributed by atoms with E-state index in [0.29, 0.717) is 11.5 Å². The largest absolute Gasteiger partial charge is 0.385 e. The van der Waals surface area contributed by atoms with Crippen molar-refractivity contribution in [1.82, 2.24) is 5.32 Å². The SMILES string of the molecule is COCCC1(CNC(C)c2ccc(SC)cc2)CC1. The fourth-order valence-corrected chi connectivity index (χ4v) is 2.80. The molecule has 1 aromatic carbocycles. The van der Waals surface area contributed by atoms with Crippen molar-refractivity contribution in [3.63, 3.8) is 0 Å². The van der Waals surface area contributed by atoms with E-state index < -0.39 is 0 Å². The Morgan fingerprint density at radius 1 is 1.32 bits per heavy atom. The third kappa shape index (κ3) is 4.23. The summed E-state index contributed by atoms with van der Waals surface area (Å²) in [7, 11) is 1.79. The van der Waals surface area contributed by atoms with E-state index in [1.165, 1.54) is 29.7 Å². The van der Waals surface area contributed by atoms with E-state index in [2.05, 4.69) is 42.8 Å². The minimum atomic E-state index is 0.427. The minimum Gasteiger partial charge on any atom is -0.385 e. The monoisotopic (exact) mass is 279 g/mol. The predicted octanol–water partition coefficient (Wildman–Crippen LogP) is 3.88. The highest BCUT2D eigenvalue weighted by molar-refractivity contribution is 7.98. The lowest BCUT2D eigenvalue weighted by atomic mass is 10.0. The van der Waals surface area contributed by atoms with Crippen LogP contribution in [-0.4, -0.2) is 26.5 Å². The van der Waals surface area contributed by atoms with Crippen molar-refractivity contribution in [2.45, 2.75) is 37.1 Å². The van der Waals surface area contributed by atoms with Crippen LogP contribution in [0, 0.1) is 5.41 Å². The lowest BCUT2D eigenvalue weighted by molar-refractivity contribution is 0.170. The molecule has 1 aliphatic rings. The average Bonchev–Trinajstić information content (AvgIpc) is 3.23. The molecular weight excluding hydrogens is 254 g/mol. The molecule has 1 atom stereocenters. The van der Waals surface area contributed by atoms with E-state index in [-0.39, 0.29) is 0 Å². The zero-order valence-corrected chi connectivity index (χ0v) is 13.1. The third-order valence-corrected chi connectivity index (χ3v) is 4.94. The summed E-state index contributed by atoms with van der Waals surface area (Å²) in [6.07, 6.45) is 6.00. The van der Waals surface area contributed by atoms with Crippen LogP contribution in [0.2, 0.25) is 0 Å². The minimum absolute atomic E-state index is 0.427. The fourth-order valence-electron chi connectivity index (χ4n) is 2.39. The second kappa shape index (κ2) is 6.78. The Hall–Kier alpha value is -0.510. The van der Waals surface area contributed by atoms with Gasteiger partial charge in [0.25, 0.3) is 0 Å². The molecule has 2 nitrogen and oxygen atoms in total. The molecule has 1 aliphatic carbocycles. The maximum Gasteiger partial charge on any atom is 0.0468 e. The molecule has 0 radical (unpaired) electrons. The molecule has 106 valence electrons. The Balaban J connectivity index is 1.81. The van der Waals surface area contributed by atoms with E-state index in [9.17, 15) is 0 Å². The van der Waals surface area contributed by atoms with Crippen LogP contribution in [0.25, 0.3) is 0 Å². The van der Waals surface area contributed by atoms with Crippen LogP contribution in [0.5, 0.6) is 0 Å². The van der Waals surface area contributed by atoms with Crippen LogP contribution >= 0.6 is 11.8 Å². The number of methoxy groups -OCH3 is 1. The van der Waals surface area contributed by atoms with Gasteiger partial charge in [0.2, 0.25) is 0 Å². The molecule has 1 unspecified atom stereocenters. The summed E-state index contributed by atoms with van der Waals surface area (Å²) in [5.41, 5.74) is 1.89. The van der Waals surface area contributed by atoms with Crippen molar-refractivity contribution in [3.05, 3.63) is 29.8 Å². The van der Waals surface area contributed by atoms with Crippen molar-refractivity contribution >= 4 is 11.8 Å². The van der Waals surface area contributed by atoms with Crippen LogP contribution < -0.4 is 5.32 Å². The van der Waals surface area contributed by atoms with Crippen LogP contribution in [0.3, 0.4) is 0 Å². The Morgan fingerprint density at radius 3 is 2.53 bits per heavy atom. The van der Waals surface area contributed by atoms with Gasteiger partial charge in [0.15, 0.2) is 0 Å². The number of hydrogen-bond acceptors (Lipinski definition) is 3. The van der Waals surface area contributed by atoms with Gasteiger partial charge in [-0.3, -0.25) is 0 Å². The number of ether oxygens (including phenoxy) is 1. The van der Waals surface area contributed by atoms with Crippen LogP contribution in [0.1, 0.15) is 37.8 Å². The van der Waals surface area contributed by atoms with Gasteiger partial charge in [-0.2, -0.15) is 0 Å². The van der Waals surface area contributed by atoms with Gasteiger partial charge in [-0.05, 0) is 55.6 Å². The summed E-state index contributed by atoms with van der Waals surface area (Å²) in [5, 5.41) is 3.69. The maximum absolute atomic E-state index is 5.20. The summed E-state index contributed by atoms with van der Waals surface area (Å²) in [5.74, 6) is 0. The molecule has 0 aromatic heterocycles. The van der Waals surface area contributed by atoms with Crippen LogP contribution in [0.15, 0.2) is 29.2 Å². The quantitative estimate of drug-likeness (QED) is 0.730. The standard InChI is InChI=1S/C16H25NOS/c1-13(14-4-6-15(19-3)7-5-14)17-12-16(8-9-16)10-11-18-2/h4-7,13,17H,8-12H2,1-3H3. The van der Waals surface area contributed by atoms with Crippen molar-refractivity contribution in [2.24, 2.45) is 5.41 Å². The Kier molecular flexibility index (Phi) is 5.31. The first-order valence-electron chi connectivity index (χ1n) is 7.05. The van der Waals surface area contributed by atoms with Crippen molar-refractivity contribution < 1.29 is 4.74 Å². The van der Waals surface area contributed by atoms with Gasteiger partial charge in [0, 0.05) is 31.2 Å². The summed E-state index contributed by atoms with van der Waals surface area (Å²) in [6, 6.07) is 9.30. The highest BCUT2D eigenvalue weighted by Crippen LogP contribution is 2.48. The molecule has 1 N–H and O–H groups in total. The molecule has 1 aromatic rings. The van der Waals surface area contributed by atoms with Crippen molar-refractivity contribution in [2.75, 3.05) is 26.5 Å². The summed E-state index contributed by atoms with van der Waals surface area (Å²) < 4.78 is 5.20. The molecule has 0 aliphatic heterocycles. The fraction of sp³-hybridized carbons (Fsp3) is 0.625. The Labute approximate surface area is 121 Å². The first kappa shape index (κ1) is 14.9. The van der Waals surface area contributed by atoms with Crippen LogP contribution in [-0.2, 0) is 4.74 Å². The van der Waals surface area contributed by atoms with Gasteiger partial charge in [-0.1, -0.05) is 12.1 Å². The van der Waals surface area contributed by atoms with Crippen molar-refractivity contribution in [1.29, 1.82) is 0 Å². The Morgan fingerprint density at radius 2 is 2.00 bits per heavy atom. The van der Waals surface area contributed by atoms with Crippen LogP contribution in [0.4, 0.5) is 0 Å². The van der Waals surface area contributed by atoms with E-state index in [0.717, 1.165) is 13.2 Å². The Bertz CT molecular complexity index is 386. The third-order valence-electron chi connectivity index (χ3n) is 4.19. The lowest BCUT2D eigenvalue weighted by Gasteiger charge is -2.20. The zero-order chi connectivity index (χ0) is 13.7. The molecule has 2 rings (SSSR count). The molecule has 19 heavy (non-hydrogen) atoms. The van der Waals surface area contributed by atoms with Crippen molar-refractivity contribution in [3.8, 4) is 0 Å². The first-order valence-corrected chi connectivity index (χ1v) is 8.28. The molecule has 0 saturated heterocycles. The van der Waals surface area contributed by atoms with Gasteiger partial charge in [-0.15, -0.1) is 11.8 Å². The molecule has 1 saturated carbocycles. The van der Waals surface area contributed by atoms with E-state index in [1.54, 1.807) is 18.9 Å². The molecule has 0 heterocycles. The molecule has 0 amide bonds. The van der Waals surface area contributed by atoms with E-state index >= 15 is 0 Å². The molecular formula is C16H25NOS. The highest BCUT2D eigenvalue weighted by Gasteiger charge is 2.41. The number of rotatable bonds is 8. The highest BCUT2D eigenvalue weighted by atomic mass is 32.2. The molecule has 0 bridgehead atoms. The molecule has 1 fully saturated rings. The van der Waals surface area contributed by atoms with Gasteiger partial charge >= 0.3 is 0 Å². The summed E-state index contributed by atoms with van der Waals surface area (Å²) >= 11 is 1.79. The number of hydrogen-bond donors (Lipinski definition) is 1.